The molecule has 0 radical (unpaired) electrons. The van der Waals surface area contributed by atoms with Crippen LogP contribution in [0.4, 0.5) is 5.82 Å². The van der Waals surface area contributed by atoms with Crippen molar-refractivity contribution in [3.8, 4) is 0 Å². The summed E-state index contributed by atoms with van der Waals surface area (Å²) in [5.41, 5.74) is 1.72. The van der Waals surface area contributed by atoms with Crippen LogP contribution in [0.2, 0.25) is 0 Å². The van der Waals surface area contributed by atoms with Crippen molar-refractivity contribution in [2.45, 2.75) is 23.0 Å². The minimum atomic E-state index is -0.0329. The molecule has 0 aliphatic carbocycles. The fourth-order valence-corrected chi connectivity index (χ4v) is 5.55. The zero-order valence-electron chi connectivity index (χ0n) is 18.4. The van der Waals surface area contributed by atoms with Gasteiger partial charge >= 0.3 is 0 Å². The van der Waals surface area contributed by atoms with E-state index < -0.39 is 0 Å². The summed E-state index contributed by atoms with van der Waals surface area (Å²) in [6.45, 7) is 4.27. The molecular formula is C21H25N7O2S3. The summed E-state index contributed by atoms with van der Waals surface area (Å²) in [7, 11) is 1.67. The molecule has 0 saturated heterocycles. The molecule has 0 spiro atoms. The molecule has 33 heavy (non-hydrogen) atoms. The number of hydrogen-bond donors (Lipinski definition) is 2. The Morgan fingerprint density at radius 2 is 2.06 bits per heavy atom. The summed E-state index contributed by atoms with van der Waals surface area (Å²) in [4.78, 5) is 26.2. The number of carbonyl (C=O) groups excluding carboxylic acids is 1. The molecule has 0 atom stereocenters. The number of aromatic nitrogens is 5. The van der Waals surface area contributed by atoms with Gasteiger partial charge in [0.1, 0.15) is 5.82 Å². The molecule has 3 aromatic heterocycles. The second kappa shape index (κ2) is 11.6. The maximum absolute atomic E-state index is 12.3. The SMILES string of the molecule is CCSc1nc(NCCOC)c2cnn(CCNC(=O)CSc3nc4ccccc4s3)c2n1. The van der Waals surface area contributed by atoms with E-state index in [-0.39, 0.29) is 5.91 Å². The summed E-state index contributed by atoms with van der Waals surface area (Å²) in [6.07, 6.45) is 1.76. The fraction of sp³-hybridized carbons (Fsp3) is 0.381. The molecule has 1 amide bonds. The summed E-state index contributed by atoms with van der Waals surface area (Å²) in [5.74, 6) is 1.91. The number of fused-ring (bicyclic) bond motifs is 2. The molecule has 0 saturated carbocycles. The number of thiazole rings is 1. The van der Waals surface area contributed by atoms with Gasteiger partial charge in [0.15, 0.2) is 15.1 Å². The molecule has 0 aliphatic heterocycles. The quantitative estimate of drug-likeness (QED) is 0.171. The maximum atomic E-state index is 12.3. The zero-order valence-corrected chi connectivity index (χ0v) is 20.9. The molecule has 9 nitrogen and oxygen atoms in total. The van der Waals surface area contributed by atoms with E-state index in [4.69, 9.17) is 4.74 Å². The van der Waals surface area contributed by atoms with E-state index in [0.29, 0.717) is 37.2 Å². The van der Waals surface area contributed by atoms with Crippen LogP contribution in [0, 0.1) is 0 Å². The molecule has 1 aromatic carbocycles. The van der Waals surface area contributed by atoms with Crippen molar-refractivity contribution in [3.63, 3.8) is 0 Å². The number of thioether (sulfide) groups is 2. The number of nitrogens with zero attached hydrogens (tertiary/aromatic N) is 5. The fourth-order valence-electron chi connectivity index (χ4n) is 3.09. The van der Waals surface area contributed by atoms with Gasteiger partial charge in [-0.25, -0.2) is 19.6 Å². The Labute approximate surface area is 204 Å². The Morgan fingerprint density at radius 3 is 2.88 bits per heavy atom. The van der Waals surface area contributed by atoms with Gasteiger partial charge in [-0.1, -0.05) is 42.6 Å². The van der Waals surface area contributed by atoms with E-state index in [1.807, 2.05) is 24.3 Å². The van der Waals surface area contributed by atoms with Crippen LogP contribution in [-0.4, -0.2) is 69.0 Å². The molecule has 4 rings (SSSR count). The van der Waals surface area contributed by atoms with Gasteiger partial charge < -0.3 is 15.4 Å². The second-order valence-electron chi connectivity index (χ2n) is 6.90. The van der Waals surface area contributed by atoms with Crippen molar-refractivity contribution in [1.82, 2.24) is 30.0 Å². The first-order valence-corrected chi connectivity index (χ1v) is 13.3. The van der Waals surface area contributed by atoms with Crippen LogP contribution < -0.4 is 10.6 Å². The molecule has 0 aliphatic rings. The third-order valence-corrected chi connectivity index (χ3v) is 7.50. The van der Waals surface area contributed by atoms with Crippen molar-refractivity contribution in [2.24, 2.45) is 0 Å². The molecule has 0 unspecified atom stereocenters. The van der Waals surface area contributed by atoms with Crippen molar-refractivity contribution in [3.05, 3.63) is 30.5 Å². The minimum Gasteiger partial charge on any atom is -0.383 e. The molecule has 0 bridgehead atoms. The lowest BCUT2D eigenvalue weighted by molar-refractivity contribution is -0.118. The lowest BCUT2D eigenvalue weighted by Gasteiger charge is -2.09. The zero-order chi connectivity index (χ0) is 23.0. The van der Waals surface area contributed by atoms with Gasteiger partial charge in [0.05, 0.1) is 40.7 Å². The molecule has 174 valence electrons. The topological polar surface area (TPSA) is 107 Å². The number of hydrogen-bond acceptors (Lipinski definition) is 10. The van der Waals surface area contributed by atoms with E-state index in [2.05, 4.69) is 37.6 Å². The van der Waals surface area contributed by atoms with Crippen molar-refractivity contribution < 1.29 is 9.53 Å². The smallest absolute Gasteiger partial charge is 0.230 e. The van der Waals surface area contributed by atoms with Crippen molar-refractivity contribution in [2.75, 3.05) is 43.6 Å². The number of ether oxygens (including phenoxy) is 1. The monoisotopic (exact) mass is 503 g/mol. The molecule has 4 aromatic rings. The maximum Gasteiger partial charge on any atom is 0.230 e. The lowest BCUT2D eigenvalue weighted by atomic mass is 10.3. The van der Waals surface area contributed by atoms with Gasteiger partial charge in [0.25, 0.3) is 0 Å². The van der Waals surface area contributed by atoms with E-state index in [0.717, 1.165) is 37.2 Å². The largest absolute Gasteiger partial charge is 0.383 e. The van der Waals surface area contributed by atoms with Gasteiger partial charge in [-0.15, -0.1) is 11.3 Å². The Kier molecular flexibility index (Phi) is 8.37. The first-order chi connectivity index (χ1) is 16.2. The Hall–Kier alpha value is -2.41. The molecular weight excluding hydrogens is 478 g/mol. The number of methoxy groups -OCH3 is 1. The molecule has 3 heterocycles. The first kappa shape index (κ1) is 23.7. The van der Waals surface area contributed by atoms with Crippen molar-refractivity contribution >= 4 is 67.8 Å². The average Bonchev–Trinajstić information content (AvgIpc) is 3.42. The summed E-state index contributed by atoms with van der Waals surface area (Å²) < 4.78 is 8.95. The molecule has 2 N–H and O–H groups in total. The van der Waals surface area contributed by atoms with Crippen LogP contribution in [0.5, 0.6) is 0 Å². The van der Waals surface area contributed by atoms with Crippen LogP contribution in [0.1, 0.15) is 6.92 Å². The van der Waals surface area contributed by atoms with Crippen LogP contribution in [0.15, 0.2) is 40.0 Å². The predicted molar refractivity (Wildman–Crippen MR) is 135 cm³/mol. The molecule has 0 fully saturated rings. The third-order valence-electron chi connectivity index (χ3n) is 4.59. The van der Waals surface area contributed by atoms with Gasteiger partial charge in [-0.2, -0.15) is 5.10 Å². The summed E-state index contributed by atoms with van der Waals surface area (Å²) in [6, 6.07) is 7.98. The van der Waals surface area contributed by atoms with Crippen LogP contribution >= 0.6 is 34.9 Å². The number of anilines is 1. The highest BCUT2D eigenvalue weighted by Gasteiger charge is 2.14. The van der Waals surface area contributed by atoms with E-state index >= 15 is 0 Å². The predicted octanol–water partition coefficient (Wildman–Crippen LogP) is 3.51. The normalized spacial score (nSPS) is 11.3. The summed E-state index contributed by atoms with van der Waals surface area (Å²) >= 11 is 4.64. The molecule has 12 heteroatoms. The number of benzene rings is 1. The highest BCUT2D eigenvalue weighted by molar-refractivity contribution is 8.01. The van der Waals surface area contributed by atoms with Crippen LogP contribution in [-0.2, 0) is 16.1 Å². The van der Waals surface area contributed by atoms with Crippen LogP contribution in [0.25, 0.3) is 21.3 Å². The van der Waals surface area contributed by atoms with Gasteiger partial charge in [0, 0.05) is 20.2 Å². The standard InChI is InChI=1S/C21H25N7O2S3/c1-3-31-20-26-18(23-9-11-30-2)14-12-24-28(19(14)27-20)10-8-22-17(29)13-32-21-25-15-6-4-5-7-16(15)33-21/h4-7,12H,3,8-11,13H2,1-2H3,(H,22,29)(H,23,26,27). The van der Waals surface area contributed by atoms with Crippen molar-refractivity contribution in [1.29, 1.82) is 0 Å². The van der Waals surface area contributed by atoms with Gasteiger partial charge in [0.2, 0.25) is 5.91 Å². The number of nitrogens with one attached hydrogen (secondary N) is 2. The Balaban J connectivity index is 1.34. The van der Waals surface area contributed by atoms with E-state index in [9.17, 15) is 4.79 Å². The highest BCUT2D eigenvalue weighted by Crippen LogP contribution is 2.29. The lowest BCUT2D eigenvalue weighted by Crippen LogP contribution is -2.29. The highest BCUT2D eigenvalue weighted by atomic mass is 32.2. The summed E-state index contributed by atoms with van der Waals surface area (Å²) in [5, 5.41) is 12.3. The number of amides is 1. The minimum absolute atomic E-state index is 0.0329. The van der Waals surface area contributed by atoms with Crippen LogP contribution in [0.3, 0.4) is 0 Å². The number of rotatable bonds is 12. The van der Waals surface area contributed by atoms with Gasteiger partial charge in [-0.3, -0.25) is 4.79 Å². The number of carbonyl (C=O) groups is 1. The second-order valence-corrected chi connectivity index (χ2v) is 10.4. The average molecular weight is 504 g/mol. The van der Waals surface area contributed by atoms with E-state index in [1.54, 1.807) is 41.1 Å². The van der Waals surface area contributed by atoms with Gasteiger partial charge in [-0.05, 0) is 17.9 Å². The Morgan fingerprint density at radius 1 is 1.18 bits per heavy atom. The Bertz CT molecular complexity index is 1190. The first-order valence-electron chi connectivity index (χ1n) is 10.5. The van der Waals surface area contributed by atoms with E-state index in [1.165, 1.54) is 11.8 Å². The third kappa shape index (κ3) is 6.14. The number of para-hydroxylation sites is 1.